The second-order valence-corrected chi connectivity index (χ2v) is 1.99. The van der Waals surface area contributed by atoms with Crippen LogP contribution in [-0.2, 0) is 16.3 Å². The van der Waals surface area contributed by atoms with Crippen LogP contribution in [0.1, 0.15) is 0 Å². The average molecular weight is 263 g/mol. The van der Waals surface area contributed by atoms with E-state index < -0.39 is 0 Å². The molecule has 0 aromatic carbocycles. The van der Waals surface area contributed by atoms with E-state index >= 15 is 0 Å². The van der Waals surface area contributed by atoms with Crippen LogP contribution in [0.2, 0.25) is 5.02 Å². The van der Waals surface area contributed by atoms with Gasteiger partial charge >= 0.3 is 30.0 Å². The van der Waals surface area contributed by atoms with E-state index in [1.54, 1.807) is 0 Å². The Hall–Kier alpha value is 1.09. The molecule has 0 saturated heterocycles. The van der Waals surface area contributed by atoms with Gasteiger partial charge in [0, 0.05) is 0 Å². The van der Waals surface area contributed by atoms with Crippen molar-refractivity contribution in [3.8, 4) is 0 Å². The molecule has 0 atom stereocenters. The predicted octanol–water partition coefficient (Wildman–Crippen LogP) is 3.04. The fourth-order valence-electron chi connectivity index (χ4n) is 0.218. The molecule has 0 radical (unpaired) electrons. The third kappa shape index (κ3) is 4.02. The van der Waals surface area contributed by atoms with Gasteiger partial charge < -0.3 is 11.3 Å². The summed E-state index contributed by atoms with van der Waals surface area (Å²) in [6.45, 7) is 0. The normalized spacial score (nSPS) is 7.50. The Morgan fingerprint density at radius 2 is 2.38 bits per heavy atom. The SMILES string of the molecule is Clc1[c-]scc1.[Zn+][Br]. The van der Waals surface area contributed by atoms with Gasteiger partial charge in [0.05, 0.1) is 0 Å². The van der Waals surface area contributed by atoms with Crippen LogP contribution in [0, 0.1) is 5.38 Å². The summed E-state index contributed by atoms with van der Waals surface area (Å²) in [6, 6.07) is 1.81. The molecule has 0 nitrogen and oxygen atoms in total. The van der Waals surface area contributed by atoms with Crippen LogP contribution in [0.15, 0.2) is 11.4 Å². The molecule has 0 aliphatic heterocycles. The van der Waals surface area contributed by atoms with E-state index in [1.165, 1.54) is 27.7 Å². The van der Waals surface area contributed by atoms with Crippen molar-refractivity contribution in [3.63, 3.8) is 0 Å². The Morgan fingerprint density at radius 3 is 2.50 bits per heavy atom. The van der Waals surface area contributed by atoms with Crippen molar-refractivity contribution in [1.29, 1.82) is 0 Å². The van der Waals surface area contributed by atoms with Gasteiger partial charge in [-0.2, -0.15) is 11.4 Å². The van der Waals surface area contributed by atoms with Gasteiger partial charge in [0.15, 0.2) is 0 Å². The Kier molecular flexibility index (Phi) is 7.07. The van der Waals surface area contributed by atoms with Crippen LogP contribution in [0.5, 0.6) is 0 Å². The van der Waals surface area contributed by atoms with E-state index in [0.29, 0.717) is 5.02 Å². The van der Waals surface area contributed by atoms with E-state index in [2.05, 4.69) is 19.0 Å². The first-order chi connectivity index (χ1) is 3.89. The fraction of sp³-hybridized carbons (Fsp3) is 0. The van der Waals surface area contributed by atoms with E-state index in [-0.39, 0.29) is 0 Å². The number of halogens is 2. The number of hydrogen-bond acceptors (Lipinski definition) is 1. The molecular weight excluding hydrogens is 261 g/mol. The van der Waals surface area contributed by atoms with Gasteiger partial charge in [0.1, 0.15) is 0 Å². The quantitative estimate of drug-likeness (QED) is 0.498. The topological polar surface area (TPSA) is 0 Å². The first-order valence-electron chi connectivity index (χ1n) is 1.77. The first kappa shape index (κ1) is 9.09. The summed E-state index contributed by atoms with van der Waals surface area (Å²) in [5.74, 6) is 0. The van der Waals surface area contributed by atoms with Gasteiger partial charge in [0.2, 0.25) is 0 Å². The standard InChI is InChI=1S/C4H2ClS.BrH.Zn/c5-4-1-2-6-3-4;;/h1-2H;1H;/q-1;;+2/p-1. The molecule has 0 amide bonds. The zero-order valence-electron chi connectivity index (χ0n) is 4.03. The average Bonchev–Trinajstić information content (AvgIpc) is 2.24. The summed E-state index contributed by atoms with van der Waals surface area (Å²) < 4.78 is 0. The van der Waals surface area contributed by atoms with Crippen molar-refractivity contribution >= 4 is 36.6 Å². The van der Waals surface area contributed by atoms with Crippen molar-refractivity contribution < 1.29 is 16.3 Å². The molecule has 1 heterocycles. The minimum absolute atomic E-state index is 0.708. The molecule has 0 unspecified atom stereocenters. The summed E-state index contributed by atoms with van der Waals surface area (Å²) >= 11 is 11.1. The summed E-state index contributed by atoms with van der Waals surface area (Å²) in [5.41, 5.74) is 0. The summed E-state index contributed by atoms with van der Waals surface area (Å²) in [6.07, 6.45) is 0. The number of thiophene rings is 1. The monoisotopic (exact) mass is 260 g/mol. The van der Waals surface area contributed by atoms with Crippen molar-refractivity contribution in [1.82, 2.24) is 0 Å². The minimum atomic E-state index is 0.708. The molecule has 8 heavy (non-hydrogen) atoms. The Bertz CT molecular complexity index is 120. The van der Waals surface area contributed by atoms with E-state index in [0.717, 1.165) is 0 Å². The Balaban J connectivity index is 0.000000222. The van der Waals surface area contributed by atoms with Crippen LogP contribution in [-0.4, -0.2) is 0 Å². The number of rotatable bonds is 0. The van der Waals surface area contributed by atoms with E-state index in [4.69, 9.17) is 11.6 Å². The maximum atomic E-state index is 5.41. The summed E-state index contributed by atoms with van der Waals surface area (Å²) in [4.78, 5) is 0. The zero-order valence-corrected chi connectivity index (χ0v) is 10.2. The van der Waals surface area contributed by atoms with Gasteiger partial charge in [-0.25, -0.2) is 0 Å². The second-order valence-electron chi connectivity index (χ2n) is 0.871. The van der Waals surface area contributed by atoms with Crippen LogP contribution >= 0.6 is 36.6 Å². The molecule has 0 fully saturated rings. The molecule has 0 N–H and O–H groups in total. The van der Waals surface area contributed by atoms with Gasteiger partial charge in [0.25, 0.3) is 0 Å². The predicted molar refractivity (Wildman–Crippen MR) is 37.1 cm³/mol. The molecule has 0 spiro atoms. The molecule has 0 saturated carbocycles. The first-order valence-corrected chi connectivity index (χ1v) is 9.97. The number of hydrogen-bond donors (Lipinski definition) is 0. The van der Waals surface area contributed by atoms with Gasteiger partial charge in [-0.3, -0.25) is 0 Å². The van der Waals surface area contributed by atoms with Crippen LogP contribution < -0.4 is 0 Å². The van der Waals surface area contributed by atoms with Gasteiger partial charge in [-0.1, -0.05) is 5.02 Å². The van der Waals surface area contributed by atoms with Crippen molar-refractivity contribution in [3.05, 3.63) is 21.8 Å². The van der Waals surface area contributed by atoms with Gasteiger partial charge in [-0.05, 0) is 0 Å². The van der Waals surface area contributed by atoms with Gasteiger partial charge in [-0.15, -0.1) is 17.0 Å². The maximum absolute atomic E-state index is 5.41. The third-order valence-corrected chi connectivity index (χ3v) is 1.38. The molecule has 1 aromatic rings. The van der Waals surface area contributed by atoms with Crippen LogP contribution in [0.4, 0.5) is 0 Å². The molecule has 0 bridgehead atoms. The van der Waals surface area contributed by atoms with E-state index in [9.17, 15) is 0 Å². The van der Waals surface area contributed by atoms with Crippen LogP contribution in [0.3, 0.4) is 0 Å². The third-order valence-electron chi connectivity index (χ3n) is 0.439. The molecular formula is C4H2BrClSZn. The van der Waals surface area contributed by atoms with Crippen molar-refractivity contribution in [2.75, 3.05) is 0 Å². The molecule has 40 valence electrons. The summed E-state index contributed by atoms with van der Waals surface area (Å²) in [5, 5.41) is 5.41. The van der Waals surface area contributed by atoms with E-state index in [1.807, 2.05) is 11.4 Å². The molecule has 1 aromatic heterocycles. The van der Waals surface area contributed by atoms with Crippen LogP contribution in [0.25, 0.3) is 0 Å². The fourth-order valence-corrected chi connectivity index (χ4v) is 0.942. The Morgan fingerprint density at radius 1 is 1.75 bits per heavy atom. The molecule has 4 heteroatoms. The summed E-state index contributed by atoms with van der Waals surface area (Å²) in [7, 11) is 0. The zero-order chi connectivity index (χ0) is 6.41. The molecule has 0 aliphatic carbocycles. The van der Waals surface area contributed by atoms with Crippen molar-refractivity contribution in [2.45, 2.75) is 0 Å². The molecule has 0 aliphatic rings. The molecule has 1 rings (SSSR count). The second kappa shape index (κ2) is 6.22. The van der Waals surface area contributed by atoms with Crippen molar-refractivity contribution in [2.24, 2.45) is 0 Å². The Labute approximate surface area is 74.3 Å².